The van der Waals surface area contributed by atoms with Gasteiger partial charge in [-0.25, -0.2) is 0 Å². The number of hydrogen-bond donors (Lipinski definition) is 1. The third-order valence-corrected chi connectivity index (χ3v) is 2.98. The Balaban J connectivity index is 2.39. The molecular weight excluding hydrogens is 162 g/mol. The zero-order valence-corrected chi connectivity index (χ0v) is 8.18. The molecular formula is C11H15NO. The van der Waals surface area contributed by atoms with Crippen LogP contribution in [-0.2, 0) is 6.42 Å². The molecule has 0 fully saturated rings. The minimum atomic E-state index is 0.326. The first-order valence-electron chi connectivity index (χ1n) is 4.92. The molecule has 2 nitrogen and oxygen atoms in total. The Hall–Kier alpha value is -1.05. The van der Waals surface area contributed by atoms with Gasteiger partial charge in [0.2, 0.25) is 0 Å². The number of rotatable bonds is 1. The lowest BCUT2D eigenvalue weighted by atomic mass is 9.84. The van der Waals surface area contributed by atoms with Crippen molar-refractivity contribution in [1.82, 2.24) is 4.98 Å². The topological polar surface area (TPSA) is 32.9 Å². The highest BCUT2D eigenvalue weighted by Crippen LogP contribution is 2.28. The van der Waals surface area contributed by atoms with Crippen molar-refractivity contribution < 1.29 is 4.79 Å². The Morgan fingerprint density at radius 3 is 3.00 bits per heavy atom. The van der Waals surface area contributed by atoms with Gasteiger partial charge in [0.15, 0.2) is 5.78 Å². The van der Waals surface area contributed by atoms with E-state index in [-0.39, 0.29) is 0 Å². The van der Waals surface area contributed by atoms with E-state index in [4.69, 9.17) is 0 Å². The standard InChI is InChI=1S/C11H15NO/c1-3-8-4-9-11(10(13)5-8)7(2)6-12-9/h6,8,12H,3-5H2,1-2H3. The van der Waals surface area contributed by atoms with Crippen LogP contribution in [0.5, 0.6) is 0 Å². The van der Waals surface area contributed by atoms with E-state index < -0.39 is 0 Å². The Bertz CT molecular complexity index is 338. The average Bonchev–Trinajstić information content (AvgIpc) is 2.48. The van der Waals surface area contributed by atoms with Crippen molar-refractivity contribution in [2.24, 2.45) is 5.92 Å². The maximum atomic E-state index is 11.7. The summed E-state index contributed by atoms with van der Waals surface area (Å²) in [7, 11) is 0. The van der Waals surface area contributed by atoms with Crippen molar-refractivity contribution in [3.8, 4) is 0 Å². The van der Waals surface area contributed by atoms with Gasteiger partial charge in [0.1, 0.15) is 0 Å². The van der Waals surface area contributed by atoms with Gasteiger partial charge < -0.3 is 4.98 Å². The molecule has 1 aromatic rings. The van der Waals surface area contributed by atoms with Gasteiger partial charge in [0, 0.05) is 23.9 Å². The summed E-state index contributed by atoms with van der Waals surface area (Å²) in [5.41, 5.74) is 3.22. The highest BCUT2D eigenvalue weighted by atomic mass is 16.1. The van der Waals surface area contributed by atoms with Gasteiger partial charge in [-0.3, -0.25) is 4.79 Å². The first-order chi connectivity index (χ1) is 6.22. The first-order valence-corrected chi connectivity index (χ1v) is 4.92. The number of carbonyl (C=O) groups excluding carboxylic acids is 1. The summed E-state index contributed by atoms with van der Waals surface area (Å²) in [4.78, 5) is 14.9. The van der Waals surface area contributed by atoms with Crippen LogP contribution in [0.4, 0.5) is 0 Å². The van der Waals surface area contributed by atoms with E-state index in [1.165, 1.54) is 0 Å². The quantitative estimate of drug-likeness (QED) is 0.702. The number of fused-ring (bicyclic) bond motifs is 1. The van der Waals surface area contributed by atoms with Crippen LogP contribution < -0.4 is 0 Å². The lowest BCUT2D eigenvalue weighted by Gasteiger charge is -2.19. The normalized spacial score (nSPS) is 21.7. The van der Waals surface area contributed by atoms with Crippen LogP contribution in [0.3, 0.4) is 0 Å². The van der Waals surface area contributed by atoms with Crippen molar-refractivity contribution in [3.05, 3.63) is 23.0 Å². The summed E-state index contributed by atoms with van der Waals surface area (Å²) in [5.74, 6) is 0.880. The fraction of sp³-hybridized carbons (Fsp3) is 0.545. The molecule has 70 valence electrons. The second-order valence-electron chi connectivity index (χ2n) is 3.93. The second kappa shape index (κ2) is 3.02. The number of aryl methyl sites for hydroxylation is 1. The van der Waals surface area contributed by atoms with Crippen molar-refractivity contribution in [2.45, 2.75) is 33.1 Å². The predicted octanol–water partition coefficient (Wildman–Crippen LogP) is 2.48. The minimum absolute atomic E-state index is 0.326. The van der Waals surface area contributed by atoms with Crippen LogP contribution in [0.15, 0.2) is 6.20 Å². The van der Waals surface area contributed by atoms with E-state index in [0.717, 1.165) is 36.1 Å². The minimum Gasteiger partial charge on any atom is -0.364 e. The Morgan fingerprint density at radius 2 is 2.31 bits per heavy atom. The lowest BCUT2D eigenvalue weighted by Crippen LogP contribution is -2.19. The molecule has 0 saturated carbocycles. The summed E-state index contributed by atoms with van der Waals surface area (Å²) in [6.07, 6.45) is 4.83. The number of nitrogens with one attached hydrogen (secondary N) is 1. The molecule has 1 aromatic heterocycles. The van der Waals surface area contributed by atoms with Crippen LogP contribution in [0.25, 0.3) is 0 Å². The van der Waals surface area contributed by atoms with Crippen LogP contribution in [0.1, 0.15) is 41.4 Å². The van der Waals surface area contributed by atoms with Crippen molar-refractivity contribution in [3.63, 3.8) is 0 Å². The van der Waals surface area contributed by atoms with Gasteiger partial charge >= 0.3 is 0 Å². The van der Waals surface area contributed by atoms with Gasteiger partial charge in [0.25, 0.3) is 0 Å². The van der Waals surface area contributed by atoms with Crippen molar-refractivity contribution in [2.75, 3.05) is 0 Å². The molecule has 0 amide bonds. The zero-order valence-electron chi connectivity index (χ0n) is 8.18. The number of ketones is 1. The number of hydrogen-bond acceptors (Lipinski definition) is 1. The van der Waals surface area contributed by atoms with Crippen molar-refractivity contribution in [1.29, 1.82) is 0 Å². The molecule has 1 heterocycles. The number of carbonyl (C=O) groups is 1. The lowest BCUT2D eigenvalue weighted by molar-refractivity contribution is 0.0947. The molecule has 1 N–H and O–H groups in total. The molecule has 0 saturated heterocycles. The van der Waals surface area contributed by atoms with Gasteiger partial charge in [-0.15, -0.1) is 0 Å². The van der Waals surface area contributed by atoms with Crippen LogP contribution in [-0.4, -0.2) is 10.8 Å². The molecule has 0 aromatic carbocycles. The van der Waals surface area contributed by atoms with E-state index in [2.05, 4.69) is 11.9 Å². The number of aromatic nitrogens is 1. The molecule has 1 atom stereocenters. The maximum absolute atomic E-state index is 11.7. The summed E-state index contributed by atoms with van der Waals surface area (Å²) in [5, 5.41) is 0. The Labute approximate surface area is 78.4 Å². The molecule has 2 rings (SSSR count). The van der Waals surface area contributed by atoms with Crippen LogP contribution in [0.2, 0.25) is 0 Å². The molecule has 0 aliphatic heterocycles. The Morgan fingerprint density at radius 1 is 1.54 bits per heavy atom. The summed E-state index contributed by atoms with van der Waals surface area (Å²) < 4.78 is 0. The molecule has 1 aliphatic carbocycles. The van der Waals surface area contributed by atoms with Crippen molar-refractivity contribution >= 4 is 5.78 Å². The van der Waals surface area contributed by atoms with E-state index in [0.29, 0.717) is 11.7 Å². The van der Waals surface area contributed by atoms with Gasteiger partial charge in [0.05, 0.1) is 0 Å². The number of Topliss-reactive ketones (excluding diaryl/α,β-unsaturated/α-hetero) is 1. The van der Waals surface area contributed by atoms with E-state index >= 15 is 0 Å². The smallest absolute Gasteiger partial charge is 0.165 e. The molecule has 0 radical (unpaired) electrons. The number of H-pyrrole nitrogens is 1. The summed E-state index contributed by atoms with van der Waals surface area (Å²) in [6, 6.07) is 0. The van der Waals surface area contributed by atoms with E-state index in [1.54, 1.807) is 0 Å². The van der Waals surface area contributed by atoms with E-state index in [1.807, 2.05) is 13.1 Å². The maximum Gasteiger partial charge on any atom is 0.165 e. The molecule has 2 heteroatoms. The van der Waals surface area contributed by atoms with Gasteiger partial charge in [-0.05, 0) is 24.8 Å². The molecule has 0 bridgehead atoms. The summed E-state index contributed by atoms with van der Waals surface area (Å²) in [6.45, 7) is 4.15. The average molecular weight is 177 g/mol. The highest BCUT2D eigenvalue weighted by Gasteiger charge is 2.26. The predicted molar refractivity (Wildman–Crippen MR) is 52.0 cm³/mol. The SMILES string of the molecule is CCC1CC(=O)c2c(C)c[nH]c2C1. The fourth-order valence-electron chi connectivity index (χ4n) is 2.14. The molecule has 1 unspecified atom stereocenters. The zero-order chi connectivity index (χ0) is 9.42. The second-order valence-corrected chi connectivity index (χ2v) is 3.93. The fourth-order valence-corrected chi connectivity index (χ4v) is 2.14. The van der Waals surface area contributed by atoms with Crippen LogP contribution >= 0.6 is 0 Å². The third kappa shape index (κ3) is 1.30. The van der Waals surface area contributed by atoms with E-state index in [9.17, 15) is 4.79 Å². The first kappa shape index (κ1) is 8.54. The number of aromatic amines is 1. The highest BCUT2D eigenvalue weighted by molar-refractivity contribution is 5.99. The molecule has 1 aliphatic rings. The molecule has 0 spiro atoms. The Kier molecular flexibility index (Phi) is 1.98. The summed E-state index contributed by atoms with van der Waals surface area (Å²) >= 11 is 0. The molecule has 13 heavy (non-hydrogen) atoms. The van der Waals surface area contributed by atoms with Gasteiger partial charge in [-0.2, -0.15) is 0 Å². The largest absolute Gasteiger partial charge is 0.364 e. The van der Waals surface area contributed by atoms with Crippen LogP contribution in [0, 0.1) is 12.8 Å². The third-order valence-electron chi connectivity index (χ3n) is 2.98. The monoisotopic (exact) mass is 177 g/mol. The van der Waals surface area contributed by atoms with Gasteiger partial charge in [-0.1, -0.05) is 13.3 Å².